The largest absolute Gasteiger partial charge is 0.506 e. The van der Waals surface area contributed by atoms with E-state index in [1.807, 2.05) is 78.9 Å². The molecule has 8 heteroatoms. The second-order valence-corrected chi connectivity index (χ2v) is 9.45. The van der Waals surface area contributed by atoms with E-state index in [-0.39, 0.29) is 17.3 Å². The van der Waals surface area contributed by atoms with E-state index in [1.54, 1.807) is 12.1 Å². The summed E-state index contributed by atoms with van der Waals surface area (Å²) < 4.78 is 0. The minimum atomic E-state index is -0.829. The molecule has 1 aromatic heterocycles. The van der Waals surface area contributed by atoms with Crippen LogP contribution < -0.4 is 21.5 Å². The maximum atomic E-state index is 12.8. The molecule has 4 aromatic carbocycles. The second kappa shape index (κ2) is 12.3. The number of fused-ring (bicyclic) bond motifs is 1. The van der Waals surface area contributed by atoms with Crippen molar-refractivity contribution < 1.29 is 15.0 Å². The summed E-state index contributed by atoms with van der Waals surface area (Å²) in [5.74, 6) is -0.0424. The second-order valence-electron chi connectivity index (χ2n) is 9.45. The summed E-state index contributed by atoms with van der Waals surface area (Å²) in [5, 5.41) is 30.5. The van der Waals surface area contributed by atoms with Gasteiger partial charge in [-0.3, -0.25) is 4.79 Å². The van der Waals surface area contributed by atoms with E-state index in [9.17, 15) is 19.8 Å². The number of carbonyl (C=O) groups excluding carboxylic acids is 1. The van der Waals surface area contributed by atoms with Gasteiger partial charge in [-0.2, -0.15) is 0 Å². The molecule has 0 aliphatic carbocycles. The number of pyridine rings is 1. The number of H-pyrrole nitrogens is 1. The van der Waals surface area contributed by atoms with Crippen molar-refractivity contribution in [2.24, 2.45) is 0 Å². The number of para-hydroxylation sites is 1. The van der Waals surface area contributed by atoms with Crippen molar-refractivity contribution in [2.75, 3.05) is 23.7 Å². The highest BCUT2D eigenvalue weighted by atomic mass is 16.3. The number of phenolic OH excluding ortho intramolecular Hbond substituents is 1. The maximum absolute atomic E-state index is 12.8. The zero-order valence-corrected chi connectivity index (χ0v) is 21.7. The van der Waals surface area contributed by atoms with Crippen molar-refractivity contribution in [1.29, 1.82) is 0 Å². The molecule has 0 fully saturated rings. The molecule has 0 aliphatic rings. The van der Waals surface area contributed by atoms with Gasteiger partial charge < -0.3 is 31.1 Å². The monoisotopic (exact) mass is 534 g/mol. The Morgan fingerprint density at radius 3 is 2.50 bits per heavy atom. The lowest BCUT2D eigenvalue weighted by atomic mass is 10.0. The van der Waals surface area contributed by atoms with Crippen molar-refractivity contribution in [1.82, 2.24) is 10.3 Å². The first-order valence-corrected chi connectivity index (χ1v) is 13.0. The van der Waals surface area contributed by atoms with E-state index in [2.05, 4.69) is 20.9 Å². The highest BCUT2D eigenvalue weighted by molar-refractivity contribution is 6.02. The molecule has 40 heavy (non-hydrogen) atoms. The lowest BCUT2D eigenvalue weighted by Crippen LogP contribution is -2.24. The number of anilines is 2. The third kappa shape index (κ3) is 6.37. The van der Waals surface area contributed by atoms with Crippen molar-refractivity contribution in [3.63, 3.8) is 0 Å². The quantitative estimate of drug-likeness (QED) is 0.141. The van der Waals surface area contributed by atoms with Gasteiger partial charge in [-0.1, -0.05) is 66.7 Å². The Bertz CT molecular complexity index is 1680. The van der Waals surface area contributed by atoms with E-state index in [4.69, 9.17) is 0 Å². The minimum absolute atomic E-state index is 0.0424. The number of urea groups is 1. The first-order valence-electron chi connectivity index (χ1n) is 13.0. The number of benzene rings is 4. The molecule has 5 rings (SSSR count). The predicted octanol–water partition coefficient (Wildman–Crippen LogP) is 5.41. The maximum Gasteiger partial charge on any atom is 0.323 e. The number of hydrogen-bond donors (Lipinski definition) is 6. The molecule has 0 spiro atoms. The average molecular weight is 535 g/mol. The van der Waals surface area contributed by atoms with Gasteiger partial charge in [0.2, 0.25) is 5.56 Å². The van der Waals surface area contributed by atoms with Gasteiger partial charge in [0.25, 0.3) is 0 Å². The minimum Gasteiger partial charge on any atom is -0.506 e. The van der Waals surface area contributed by atoms with Crippen LogP contribution in [0.15, 0.2) is 108 Å². The van der Waals surface area contributed by atoms with Crippen LogP contribution in [0, 0.1) is 0 Å². The van der Waals surface area contributed by atoms with Gasteiger partial charge in [-0.25, -0.2) is 4.79 Å². The van der Waals surface area contributed by atoms with Crippen LogP contribution in [0.1, 0.15) is 17.2 Å². The van der Waals surface area contributed by atoms with E-state index in [0.717, 1.165) is 22.4 Å². The molecule has 1 atom stereocenters. The highest BCUT2D eigenvalue weighted by Crippen LogP contribution is 2.29. The molecule has 8 nitrogen and oxygen atoms in total. The molecule has 2 amide bonds. The molecule has 0 radical (unpaired) electrons. The smallest absolute Gasteiger partial charge is 0.323 e. The predicted molar refractivity (Wildman–Crippen MR) is 159 cm³/mol. The topological polar surface area (TPSA) is 126 Å². The van der Waals surface area contributed by atoms with Crippen LogP contribution in [0.4, 0.5) is 16.2 Å². The Morgan fingerprint density at radius 1 is 0.850 bits per heavy atom. The molecule has 0 bridgehead atoms. The standard InChI is InChI=1S/C32H30N4O4/c37-28-15-13-25(26-14-16-30(39)36-31(26)28)29(38)20-33-18-17-21-7-6-10-23(19-21)34-32(40)35-27-12-5-4-11-24(27)22-8-2-1-3-9-22/h1-16,19,29,33,37-38H,17-18,20H2,(H,36,39)(H2,34,35,40)/t29-/m0/s1. The molecule has 202 valence electrons. The summed E-state index contributed by atoms with van der Waals surface area (Å²) in [6, 6.07) is 31.0. The van der Waals surface area contributed by atoms with Crippen LogP contribution in [0.5, 0.6) is 5.75 Å². The Kier molecular flexibility index (Phi) is 8.20. The van der Waals surface area contributed by atoms with Gasteiger partial charge in [-0.15, -0.1) is 0 Å². The van der Waals surface area contributed by atoms with Gasteiger partial charge in [0.05, 0.1) is 17.3 Å². The molecule has 0 saturated carbocycles. The molecule has 0 aliphatic heterocycles. The number of aromatic nitrogens is 1. The van der Waals surface area contributed by atoms with Crippen molar-refractivity contribution in [3.05, 3.63) is 125 Å². The Morgan fingerprint density at radius 2 is 1.65 bits per heavy atom. The van der Waals surface area contributed by atoms with Crippen LogP contribution in [0.3, 0.4) is 0 Å². The summed E-state index contributed by atoms with van der Waals surface area (Å²) in [6.07, 6.45) is -0.144. The molecular formula is C32H30N4O4. The first kappa shape index (κ1) is 26.7. The molecule has 6 N–H and O–H groups in total. The van der Waals surface area contributed by atoms with Gasteiger partial charge in [-0.05, 0) is 60.0 Å². The Hall–Kier alpha value is -4.92. The normalized spacial score (nSPS) is 11.7. The summed E-state index contributed by atoms with van der Waals surface area (Å²) in [5.41, 5.74) is 4.98. The third-order valence-electron chi connectivity index (χ3n) is 6.64. The number of amides is 2. The number of aliphatic hydroxyl groups excluding tert-OH is 1. The number of phenols is 1. The molecule has 0 unspecified atom stereocenters. The van der Waals surface area contributed by atoms with Crippen LogP contribution in [-0.4, -0.2) is 34.3 Å². The van der Waals surface area contributed by atoms with Crippen molar-refractivity contribution >= 4 is 28.3 Å². The number of rotatable bonds is 9. The van der Waals surface area contributed by atoms with Crippen molar-refractivity contribution in [3.8, 4) is 16.9 Å². The van der Waals surface area contributed by atoms with Crippen molar-refractivity contribution in [2.45, 2.75) is 12.5 Å². The number of nitrogens with one attached hydrogen (secondary N) is 4. The van der Waals surface area contributed by atoms with Crippen LogP contribution in [-0.2, 0) is 6.42 Å². The fourth-order valence-corrected chi connectivity index (χ4v) is 4.68. The fourth-order valence-electron chi connectivity index (χ4n) is 4.68. The summed E-state index contributed by atoms with van der Waals surface area (Å²) in [4.78, 5) is 27.0. The summed E-state index contributed by atoms with van der Waals surface area (Å²) >= 11 is 0. The molecule has 0 saturated heterocycles. The average Bonchev–Trinajstić information content (AvgIpc) is 2.96. The number of aromatic hydroxyl groups is 1. The molecule has 1 heterocycles. The van der Waals surface area contributed by atoms with E-state index < -0.39 is 6.10 Å². The zero-order valence-electron chi connectivity index (χ0n) is 21.7. The van der Waals surface area contributed by atoms with Gasteiger partial charge in [0.1, 0.15) is 5.75 Å². The number of hydrogen-bond acceptors (Lipinski definition) is 5. The summed E-state index contributed by atoms with van der Waals surface area (Å²) in [7, 11) is 0. The molecule has 5 aromatic rings. The third-order valence-corrected chi connectivity index (χ3v) is 6.64. The fraction of sp³-hybridized carbons (Fsp3) is 0.125. The van der Waals surface area contributed by atoms with Gasteiger partial charge in [0, 0.05) is 29.2 Å². The number of aromatic amines is 1. The Balaban J connectivity index is 1.15. The lowest BCUT2D eigenvalue weighted by molar-refractivity contribution is 0.176. The van der Waals surface area contributed by atoms with Crippen LogP contribution in [0.2, 0.25) is 0 Å². The highest BCUT2D eigenvalue weighted by Gasteiger charge is 2.14. The van der Waals surface area contributed by atoms with E-state index in [1.165, 1.54) is 12.1 Å². The van der Waals surface area contributed by atoms with E-state index >= 15 is 0 Å². The van der Waals surface area contributed by atoms with Crippen LogP contribution in [0.25, 0.3) is 22.0 Å². The van der Waals surface area contributed by atoms with Gasteiger partial charge in [0.15, 0.2) is 0 Å². The first-order chi connectivity index (χ1) is 19.5. The Labute approximate surface area is 231 Å². The van der Waals surface area contributed by atoms with E-state index in [0.29, 0.717) is 41.7 Å². The molecular weight excluding hydrogens is 504 g/mol. The summed E-state index contributed by atoms with van der Waals surface area (Å²) in [6.45, 7) is 0.893. The lowest BCUT2D eigenvalue weighted by Gasteiger charge is -2.15. The zero-order chi connectivity index (χ0) is 27.9. The number of aliphatic hydroxyl groups is 1. The SMILES string of the molecule is O=C(Nc1cccc(CCNC[C@H](O)c2ccc(O)c3[nH]c(=O)ccc23)c1)Nc1ccccc1-c1ccccc1. The van der Waals surface area contributed by atoms with Crippen LogP contribution >= 0.6 is 0 Å². The number of carbonyl (C=O) groups is 1. The van der Waals surface area contributed by atoms with Gasteiger partial charge >= 0.3 is 6.03 Å².